The van der Waals surface area contributed by atoms with Crippen molar-refractivity contribution in [1.29, 1.82) is 0 Å². The number of benzene rings is 2. The Kier molecular flexibility index (Phi) is 6.11. The van der Waals surface area contributed by atoms with Gasteiger partial charge in [-0.05, 0) is 36.2 Å². The third-order valence-electron chi connectivity index (χ3n) is 3.93. The Morgan fingerprint density at radius 2 is 1.96 bits per heavy atom. The van der Waals surface area contributed by atoms with Crippen molar-refractivity contribution < 1.29 is 18.3 Å². The van der Waals surface area contributed by atoms with Crippen LogP contribution in [0.1, 0.15) is 16.1 Å². The van der Waals surface area contributed by atoms with Gasteiger partial charge in [-0.25, -0.2) is 18.7 Å². The van der Waals surface area contributed by atoms with Crippen LogP contribution in [0.15, 0.2) is 54.9 Å². The number of halogens is 2. The third kappa shape index (κ3) is 5.00. The van der Waals surface area contributed by atoms with E-state index in [-0.39, 0.29) is 11.4 Å². The predicted octanol–water partition coefficient (Wildman–Crippen LogP) is 3.67. The predicted molar refractivity (Wildman–Crippen MR) is 102 cm³/mol. The summed E-state index contributed by atoms with van der Waals surface area (Å²) in [4.78, 5) is 20.2. The van der Waals surface area contributed by atoms with E-state index >= 15 is 0 Å². The number of hydrogen-bond donors (Lipinski definition) is 2. The summed E-state index contributed by atoms with van der Waals surface area (Å²) in [7, 11) is 1.61. The molecular weight excluding hydrogens is 366 g/mol. The van der Waals surface area contributed by atoms with Crippen molar-refractivity contribution >= 4 is 17.4 Å². The molecule has 1 heterocycles. The molecule has 0 saturated heterocycles. The van der Waals surface area contributed by atoms with Crippen LogP contribution >= 0.6 is 0 Å². The molecule has 0 aliphatic carbocycles. The molecule has 2 aromatic carbocycles. The van der Waals surface area contributed by atoms with Crippen LogP contribution < -0.4 is 15.4 Å². The number of hydrogen-bond acceptors (Lipinski definition) is 5. The Bertz CT molecular complexity index is 982. The molecule has 28 heavy (non-hydrogen) atoms. The minimum Gasteiger partial charge on any atom is -0.497 e. The van der Waals surface area contributed by atoms with E-state index in [0.29, 0.717) is 18.4 Å². The first-order chi connectivity index (χ1) is 13.5. The van der Waals surface area contributed by atoms with Crippen LogP contribution in [0.5, 0.6) is 5.75 Å². The molecule has 0 fully saturated rings. The number of amides is 1. The number of aromatic nitrogens is 2. The Balaban J connectivity index is 1.60. The fourth-order valence-electron chi connectivity index (χ4n) is 2.52. The quantitative estimate of drug-likeness (QED) is 0.650. The van der Waals surface area contributed by atoms with Crippen LogP contribution in [0, 0.1) is 11.6 Å². The molecule has 0 radical (unpaired) electrons. The lowest BCUT2D eigenvalue weighted by Gasteiger charge is -2.09. The Hall–Kier alpha value is -3.55. The van der Waals surface area contributed by atoms with Gasteiger partial charge in [-0.15, -0.1) is 0 Å². The number of nitrogens with one attached hydrogen (secondary N) is 2. The number of carbonyl (C=O) groups excluding carboxylic acids is 1. The minimum atomic E-state index is -0.862. The topological polar surface area (TPSA) is 76.1 Å². The second kappa shape index (κ2) is 8.90. The zero-order valence-electron chi connectivity index (χ0n) is 15.1. The average Bonchev–Trinajstić information content (AvgIpc) is 2.70. The van der Waals surface area contributed by atoms with E-state index < -0.39 is 17.5 Å². The van der Waals surface area contributed by atoms with Crippen LogP contribution in [0.3, 0.4) is 0 Å². The van der Waals surface area contributed by atoms with Crippen LogP contribution in [0.2, 0.25) is 0 Å². The zero-order chi connectivity index (χ0) is 19.9. The normalized spacial score (nSPS) is 10.4. The number of methoxy groups -OCH3 is 1. The summed E-state index contributed by atoms with van der Waals surface area (Å²) in [6, 6.07) is 12.1. The van der Waals surface area contributed by atoms with E-state index in [1.807, 2.05) is 24.3 Å². The van der Waals surface area contributed by atoms with E-state index in [4.69, 9.17) is 4.74 Å². The van der Waals surface area contributed by atoms with Crippen LogP contribution in [0.4, 0.5) is 20.3 Å². The fourth-order valence-corrected chi connectivity index (χ4v) is 2.52. The summed E-state index contributed by atoms with van der Waals surface area (Å²) in [6.07, 6.45) is 1.97. The lowest BCUT2D eigenvalue weighted by Crippen LogP contribution is -2.16. The smallest absolute Gasteiger partial charge is 0.274 e. The summed E-state index contributed by atoms with van der Waals surface area (Å²) >= 11 is 0. The average molecular weight is 384 g/mol. The lowest BCUT2D eigenvalue weighted by atomic mass is 10.1. The molecule has 0 aliphatic heterocycles. The fraction of sp³-hybridized carbons (Fsp3) is 0.150. The molecule has 8 heteroatoms. The van der Waals surface area contributed by atoms with Gasteiger partial charge in [0.15, 0.2) is 0 Å². The minimum absolute atomic E-state index is 0.0580. The first kappa shape index (κ1) is 19.2. The number of carbonyl (C=O) groups is 1. The summed E-state index contributed by atoms with van der Waals surface area (Å²) in [5, 5.41) is 5.48. The summed E-state index contributed by atoms with van der Waals surface area (Å²) < 4.78 is 31.8. The van der Waals surface area contributed by atoms with Crippen molar-refractivity contribution in [1.82, 2.24) is 9.97 Å². The molecule has 3 rings (SSSR count). The highest BCUT2D eigenvalue weighted by Gasteiger charge is 2.12. The first-order valence-electron chi connectivity index (χ1n) is 8.50. The standard InChI is InChI=1S/C20H18F2N4O2/c1-28-15-4-2-3-13(9-15)7-8-23-19-11-18(24-12-25-19)20(27)26-17-6-5-14(21)10-16(17)22/h2-6,9-12H,7-8H2,1H3,(H,26,27)(H,23,24,25). The lowest BCUT2D eigenvalue weighted by molar-refractivity contribution is 0.102. The first-order valence-corrected chi connectivity index (χ1v) is 8.50. The summed E-state index contributed by atoms with van der Waals surface area (Å²) in [5.41, 5.74) is 1.02. The number of ether oxygens (including phenoxy) is 1. The number of anilines is 2. The largest absolute Gasteiger partial charge is 0.497 e. The molecule has 3 aromatic rings. The molecular formula is C20H18F2N4O2. The van der Waals surface area contributed by atoms with Crippen molar-refractivity contribution in [3.63, 3.8) is 0 Å². The number of nitrogens with zero attached hydrogens (tertiary/aromatic N) is 2. The van der Waals surface area contributed by atoms with Gasteiger partial charge in [-0.3, -0.25) is 4.79 Å². The highest BCUT2D eigenvalue weighted by molar-refractivity contribution is 6.03. The molecule has 0 atom stereocenters. The molecule has 6 nitrogen and oxygen atoms in total. The zero-order valence-corrected chi connectivity index (χ0v) is 15.1. The monoisotopic (exact) mass is 384 g/mol. The third-order valence-corrected chi connectivity index (χ3v) is 3.93. The molecule has 2 N–H and O–H groups in total. The van der Waals surface area contributed by atoms with Crippen molar-refractivity contribution in [2.75, 3.05) is 24.3 Å². The Morgan fingerprint density at radius 1 is 1.11 bits per heavy atom. The maximum atomic E-state index is 13.7. The molecule has 0 bridgehead atoms. The van der Waals surface area contributed by atoms with Gasteiger partial charge in [0.25, 0.3) is 5.91 Å². The summed E-state index contributed by atoms with van der Waals surface area (Å²) in [5.74, 6) is -0.961. The van der Waals surface area contributed by atoms with Gasteiger partial charge < -0.3 is 15.4 Å². The maximum Gasteiger partial charge on any atom is 0.274 e. The van der Waals surface area contributed by atoms with Gasteiger partial charge >= 0.3 is 0 Å². The van der Waals surface area contributed by atoms with E-state index in [9.17, 15) is 13.6 Å². The molecule has 0 saturated carbocycles. The van der Waals surface area contributed by atoms with E-state index in [1.165, 1.54) is 12.4 Å². The van der Waals surface area contributed by atoms with Gasteiger partial charge in [0.1, 0.15) is 35.2 Å². The molecule has 0 unspecified atom stereocenters. The highest BCUT2D eigenvalue weighted by atomic mass is 19.1. The van der Waals surface area contributed by atoms with Gasteiger partial charge in [0.05, 0.1) is 12.8 Å². The van der Waals surface area contributed by atoms with Crippen molar-refractivity contribution in [2.24, 2.45) is 0 Å². The maximum absolute atomic E-state index is 13.7. The molecule has 0 spiro atoms. The van der Waals surface area contributed by atoms with E-state index in [1.54, 1.807) is 7.11 Å². The van der Waals surface area contributed by atoms with E-state index in [0.717, 1.165) is 29.9 Å². The highest BCUT2D eigenvalue weighted by Crippen LogP contribution is 2.16. The molecule has 0 aliphatic rings. The van der Waals surface area contributed by atoms with Crippen LogP contribution in [-0.4, -0.2) is 29.5 Å². The second-order valence-corrected chi connectivity index (χ2v) is 5.90. The molecule has 1 amide bonds. The van der Waals surface area contributed by atoms with Crippen molar-refractivity contribution in [3.05, 3.63) is 77.8 Å². The van der Waals surface area contributed by atoms with E-state index in [2.05, 4.69) is 20.6 Å². The molecule has 1 aromatic heterocycles. The van der Waals surface area contributed by atoms with Gasteiger partial charge in [0, 0.05) is 18.7 Å². The summed E-state index contributed by atoms with van der Waals surface area (Å²) in [6.45, 7) is 0.581. The van der Waals surface area contributed by atoms with Crippen LogP contribution in [-0.2, 0) is 6.42 Å². The Labute approximate surface area is 160 Å². The van der Waals surface area contributed by atoms with Gasteiger partial charge in [0.2, 0.25) is 0 Å². The van der Waals surface area contributed by atoms with Gasteiger partial charge in [-0.1, -0.05) is 12.1 Å². The van der Waals surface area contributed by atoms with Crippen molar-refractivity contribution in [3.8, 4) is 5.75 Å². The SMILES string of the molecule is COc1cccc(CCNc2cc(C(=O)Nc3ccc(F)cc3F)ncn2)c1. The molecule has 144 valence electrons. The van der Waals surface area contributed by atoms with Crippen molar-refractivity contribution in [2.45, 2.75) is 6.42 Å². The number of rotatable bonds is 7. The van der Waals surface area contributed by atoms with Gasteiger partial charge in [-0.2, -0.15) is 0 Å². The second-order valence-electron chi connectivity index (χ2n) is 5.90. The Morgan fingerprint density at radius 3 is 2.75 bits per heavy atom. The van der Waals surface area contributed by atoms with Crippen LogP contribution in [0.25, 0.3) is 0 Å².